The van der Waals surface area contributed by atoms with Gasteiger partial charge in [0.15, 0.2) is 6.10 Å². The summed E-state index contributed by atoms with van der Waals surface area (Å²) in [4.78, 5) is 57.6. The summed E-state index contributed by atoms with van der Waals surface area (Å²) in [5.74, 6) is -2.34. The van der Waals surface area contributed by atoms with E-state index in [1.807, 2.05) is 0 Å². The fraction of sp³-hybridized carbons (Fsp3) is 0.100. The van der Waals surface area contributed by atoms with Crippen LogP contribution >= 0.6 is 23.2 Å². The zero-order valence-corrected chi connectivity index (χ0v) is 22.9. The first-order valence-corrected chi connectivity index (χ1v) is 13.4. The number of benzene rings is 4. The molecule has 2 saturated heterocycles. The molecule has 3 atom stereocenters. The third-order valence-corrected chi connectivity index (χ3v) is 7.77. The summed E-state index contributed by atoms with van der Waals surface area (Å²) < 4.78 is 5.49. The molecule has 6 rings (SSSR count). The minimum atomic E-state index is -1.18. The van der Waals surface area contributed by atoms with Crippen molar-refractivity contribution >= 4 is 58.0 Å². The number of carbonyl (C=O) groups is 3. The molecule has 2 amide bonds. The van der Waals surface area contributed by atoms with E-state index in [-0.39, 0.29) is 27.2 Å². The maximum Gasteiger partial charge on any atom is 0.343 e. The number of fused-ring (bicyclic) bond motifs is 1. The van der Waals surface area contributed by atoms with Crippen molar-refractivity contribution in [3.63, 3.8) is 0 Å². The molecule has 210 valence electrons. The zero-order valence-electron chi connectivity index (χ0n) is 21.4. The van der Waals surface area contributed by atoms with E-state index in [0.717, 1.165) is 4.90 Å². The lowest BCUT2D eigenvalue weighted by atomic mass is 9.90. The van der Waals surface area contributed by atoms with E-state index < -0.39 is 40.8 Å². The molecule has 12 heteroatoms. The summed E-state index contributed by atoms with van der Waals surface area (Å²) in [5.41, 5.74) is 1.49. The number of hydrogen-bond donors (Lipinski definition) is 0. The quantitative estimate of drug-likeness (QED) is 0.0843. The lowest BCUT2D eigenvalue weighted by Gasteiger charge is -2.28. The average Bonchev–Trinajstić information content (AvgIpc) is 3.51. The van der Waals surface area contributed by atoms with Crippen LogP contribution in [-0.2, 0) is 14.4 Å². The van der Waals surface area contributed by atoms with Crippen LogP contribution in [0.5, 0.6) is 5.75 Å². The number of nitro groups is 1. The number of ether oxygens (including phenoxy) is 1. The molecular formula is C30H19Cl2N3O7. The highest BCUT2D eigenvalue weighted by atomic mass is 35.5. The second-order valence-corrected chi connectivity index (χ2v) is 10.3. The SMILES string of the molecule is O=C(Oc1ccc([C@@H]2[C@H]3C(=O)N(c4ccc(Cl)c(Cl)c4)C(=O)[C@H]3ON2c2ccc([N+](=O)[O-])cc2)cc1)c1ccccc1. The van der Waals surface area contributed by atoms with Gasteiger partial charge < -0.3 is 4.74 Å². The molecule has 10 nitrogen and oxygen atoms in total. The van der Waals surface area contributed by atoms with Crippen LogP contribution in [0.1, 0.15) is 22.0 Å². The summed E-state index contributed by atoms with van der Waals surface area (Å²) >= 11 is 12.2. The second kappa shape index (κ2) is 10.9. The Bertz CT molecular complexity index is 1720. The van der Waals surface area contributed by atoms with Crippen molar-refractivity contribution in [2.45, 2.75) is 12.1 Å². The Kier molecular flexibility index (Phi) is 7.11. The smallest absolute Gasteiger partial charge is 0.343 e. The van der Waals surface area contributed by atoms with Gasteiger partial charge in [-0.25, -0.2) is 14.8 Å². The molecule has 0 spiro atoms. The highest BCUT2D eigenvalue weighted by molar-refractivity contribution is 6.42. The van der Waals surface area contributed by atoms with Crippen LogP contribution in [0.15, 0.2) is 97.1 Å². The van der Waals surface area contributed by atoms with E-state index >= 15 is 0 Å². The van der Waals surface area contributed by atoms with Gasteiger partial charge >= 0.3 is 5.97 Å². The number of anilines is 2. The highest BCUT2D eigenvalue weighted by Crippen LogP contribution is 2.48. The number of non-ortho nitro benzene ring substituents is 1. The van der Waals surface area contributed by atoms with Crippen LogP contribution in [-0.4, -0.2) is 28.8 Å². The van der Waals surface area contributed by atoms with E-state index in [0.29, 0.717) is 16.8 Å². The molecule has 0 aromatic heterocycles. The summed E-state index contributed by atoms with van der Waals surface area (Å²) in [6, 6.07) is 24.2. The van der Waals surface area contributed by atoms with Crippen LogP contribution in [0.4, 0.5) is 17.1 Å². The lowest BCUT2D eigenvalue weighted by molar-refractivity contribution is -0.384. The number of esters is 1. The van der Waals surface area contributed by atoms with Crippen molar-refractivity contribution in [2.24, 2.45) is 5.92 Å². The molecule has 2 heterocycles. The fourth-order valence-corrected chi connectivity index (χ4v) is 5.34. The normalized spacial score (nSPS) is 19.6. The second-order valence-electron chi connectivity index (χ2n) is 9.53. The molecule has 42 heavy (non-hydrogen) atoms. The van der Waals surface area contributed by atoms with Gasteiger partial charge in [0.2, 0.25) is 5.91 Å². The summed E-state index contributed by atoms with van der Waals surface area (Å²) in [6.07, 6.45) is -1.18. The average molecular weight is 604 g/mol. The molecule has 2 fully saturated rings. The first-order chi connectivity index (χ1) is 20.2. The number of amides is 2. The third kappa shape index (κ3) is 4.85. The van der Waals surface area contributed by atoms with Crippen molar-refractivity contribution in [1.29, 1.82) is 0 Å². The number of carbonyl (C=O) groups excluding carboxylic acids is 3. The van der Waals surface area contributed by atoms with Gasteiger partial charge in [0, 0.05) is 12.1 Å². The molecule has 4 aromatic rings. The minimum absolute atomic E-state index is 0.128. The maximum atomic E-state index is 13.8. The number of nitrogens with zero attached hydrogens (tertiary/aromatic N) is 3. The van der Waals surface area contributed by atoms with Gasteiger partial charge in [-0.2, -0.15) is 0 Å². The number of halogens is 2. The van der Waals surface area contributed by atoms with Gasteiger partial charge in [-0.05, 0) is 60.2 Å². The van der Waals surface area contributed by atoms with Crippen LogP contribution in [0, 0.1) is 16.0 Å². The molecule has 0 N–H and O–H groups in total. The molecule has 4 aromatic carbocycles. The predicted octanol–water partition coefficient (Wildman–Crippen LogP) is 6.17. The fourth-order valence-electron chi connectivity index (χ4n) is 5.05. The Morgan fingerprint density at radius 3 is 2.14 bits per heavy atom. The van der Waals surface area contributed by atoms with Crippen molar-refractivity contribution in [3.8, 4) is 5.75 Å². The van der Waals surface area contributed by atoms with Crippen molar-refractivity contribution in [3.05, 3.63) is 128 Å². The molecule has 2 aliphatic heterocycles. The van der Waals surface area contributed by atoms with Gasteiger partial charge in [0.1, 0.15) is 11.7 Å². The number of rotatable bonds is 6. The summed E-state index contributed by atoms with van der Waals surface area (Å²) in [6.45, 7) is 0. The Hall–Kier alpha value is -4.77. The molecule has 0 saturated carbocycles. The third-order valence-electron chi connectivity index (χ3n) is 7.03. The van der Waals surface area contributed by atoms with Gasteiger partial charge in [-0.3, -0.25) is 24.5 Å². The highest BCUT2D eigenvalue weighted by Gasteiger charge is 2.60. The van der Waals surface area contributed by atoms with Gasteiger partial charge in [-0.15, -0.1) is 0 Å². The minimum Gasteiger partial charge on any atom is -0.423 e. The molecule has 0 radical (unpaired) electrons. The van der Waals surface area contributed by atoms with Gasteiger partial charge in [0.05, 0.1) is 37.9 Å². The first-order valence-electron chi connectivity index (χ1n) is 12.6. The Morgan fingerprint density at radius 1 is 0.833 bits per heavy atom. The number of nitro benzene ring substituents is 1. The number of hydrogen-bond acceptors (Lipinski definition) is 8. The Balaban J connectivity index is 1.35. The maximum absolute atomic E-state index is 13.8. The monoisotopic (exact) mass is 603 g/mol. The van der Waals surface area contributed by atoms with Crippen LogP contribution in [0.2, 0.25) is 10.0 Å². The number of imide groups is 1. The molecule has 0 unspecified atom stereocenters. The Labute approximate surface area is 248 Å². The van der Waals surface area contributed by atoms with Crippen LogP contribution < -0.4 is 14.7 Å². The lowest BCUT2D eigenvalue weighted by Crippen LogP contribution is -2.37. The zero-order chi connectivity index (χ0) is 29.5. The predicted molar refractivity (Wildman–Crippen MR) is 153 cm³/mol. The summed E-state index contributed by atoms with van der Waals surface area (Å²) in [7, 11) is 0. The van der Waals surface area contributed by atoms with Crippen LogP contribution in [0.25, 0.3) is 0 Å². The van der Waals surface area contributed by atoms with Crippen molar-refractivity contribution in [2.75, 3.05) is 9.96 Å². The van der Waals surface area contributed by atoms with E-state index in [1.165, 1.54) is 47.5 Å². The standard InChI is InChI=1S/C30H19Cl2N3O7/c31-23-15-12-21(16-24(23)32)33-28(36)25-26(17-6-13-22(14-7-17)41-30(38)18-4-2-1-3-5-18)34(42-27(25)29(33)37)19-8-10-20(11-9-19)35(39)40/h1-16,25-27H/t25-,26-,27+/m1/s1. The van der Waals surface area contributed by atoms with E-state index in [1.54, 1.807) is 54.6 Å². The van der Waals surface area contributed by atoms with Gasteiger partial charge in [-0.1, -0.05) is 53.5 Å². The van der Waals surface area contributed by atoms with E-state index in [9.17, 15) is 24.5 Å². The van der Waals surface area contributed by atoms with Crippen molar-refractivity contribution in [1.82, 2.24) is 0 Å². The van der Waals surface area contributed by atoms with E-state index in [4.69, 9.17) is 32.8 Å². The van der Waals surface area contributed by atoms with E-state index in [2.05, 4.69) is 0 Å². The number of hydroxylamine groups is 1. The largest absolute Gasteiger partial charge is 0.423 e. The molecular weight excluding hydrogens is 585 g/mol. The molecule has 2 aliphatic rings. The topological polar surface area (TPSA) is 119 Å². The van der Waals surface area contributed by atoms with Crippen molar-refractivity contribution < 1.29 is 28.9 Å². The Morgan fingerprint density at radius 2 is 1.50 bits per heavy atom. The van der Waals surface area contributed by atoms with Crippen LogP contribution in [0.3, 0.4) is 0 Å². The first kappa shape index (κ1) is 27.4. The van der Waals surface area contributed by atoms with Gasteiger partial charge in [0.25, 0.3) is 11.6 Å². The summed E-state index contributed by atoms with van der Waals surface area (Å²) in [5, 5.41) is 13.0. The molecule has 0 aliphatic carbocycles. The molecule has 0 bridgehead atoms.